The Morgan fingerprint density at radius 1 is 1.14 bits per heavy atom. The highest BCUT2D eigenvalue weighted by atomic mass is 16.6. The number of aromatic nitrogens is 1. The van der Waals surface area contributed by atoms with Crippen LogP contribution in [-0.4, -0.2) is 29.3 Å². The lowest BCUT2D eigenvalue weighted by Crippen LogP contribution is -2.61. The van der Waals surface area contributed by atoms with E-state index < -0.39 is 17.7 Å². The third kappa shape index (κ3) is 3.99. The zero-order valence-corrected chi connectivity index (χ0v) is 16.2. The quantitative estimate of drug-likeness (QED) is 0.795. The Morgan fingerprint density at radius 3 is 2.57 bits per heavy atom. The lowest BCUT2D eigenvalue weighted by Gasteiger charge is -2.43. The molecule has 0 aliphatic carbocycles. The molecule has 1 aliphatic heterocycles. The molecule has 1 atom stereocenters. The van der Waals surface area contributed by atoms with E-state index in [9.17, 15) is 9.59 Å². The van der Waals surface area contributed by atoms with Crippen LogP contribution in [0.1, 0.15) is 48.4 Å². The van der Waals surface area contributed by atoms with E-state index in [1.807, 2.05) is 37.3 Å². The van der Waals surface area contributed by atoms with Gasteiger partial charge in [-0.2, -0.15) is 0 Å². The highest BCUT2D eigenvalue weighted by Crippen LogP contribution is 2.36. The number of fused-ring (bicyclic) bond motifs is 1. The molecule has 7 nitrogen and oxygen atoms in total. The number of nitrogens with zero attached hydrogens (tertiary/aromatic N) is 2. The molecule has 1 aromatic heterocycles. The fraction of sp³-hybridized carbons (Fsp3) is 0.381. The van der Waals surface area contributed by atoms with Gasteiger partial charge in [0.05, 0.1) is 23.7 Å². The van der Waals surface area contributed by atoms with Gasteiger partial charge in [0.15, 0.2) is 0 Å². The molecule has 0 fully saturated rings. The smallest absolute Gasteiger partial charge is 0.415 e. The average molecular weight is 383 g/mol. The summed E-state index contributed by atoms with van der Waals surface area (Å²) in [6, 6.07) is 12.7. The first-order valence-corrected chi connectivity index (χ1v) is 9.45. The Labute approximate surface area is 164 Å². The Bertz CT molecular complexity index is 856. The van der Waals surface area contributed by atoms with Crippen molar-refractivity contribution in [2.75, 3.05) is 11.5 Å². The summed E-state index contributed by atoms with van der Waals surface area (Å²) in [4.78, 5) is 30.8. The largest absolute Gasteiger partial charge is 0.456 e. The Hall–Kier alpha value is -2.93. The van der Waals surface area contributed by atoms with E-state index in [4.69, 9.17) is 15.2 Å². The molecule has 3 rings (SSSR count). The number of hydrogen-bond donors (Lipinski definition) is 1. The molecular weight excluding hydrogens is 358 g/mol. The van der Waals surface area contributed by atoms with Gasteiger partial charge in [0.25, 0.3) is 0 Å². The van der Waals surface area contributed by atoms with Crippen molar-refractivity contribution >= 4 is 17.7 Å². The molecule has 0 saturated heterocycles. The van der Waals surface area contributed by atoms with Gasteiger partial charge >= 0.3 is 12.1 Å². The van der Waals surface area contributed by atoms with Gasteiger partial charge in [0.2, 0.25) is 0 Å². The van der Waals surface area contributed by atoms with Crippen molar-refractivity contribution in [1.82, 2.24) is 4.98 Å². The molecule has 2 N–H and O–H groups in total. The maximum Gasteiger partial charge on any atom is 0.415 e. The summed E-state index contributed by atoms with van der Waals surface area (Å²) in [6.45, 7) is 4.11. The topological polar surface area (TPSA) is 94.8 Å². The van der Waals surface area contributed by atoms with Crippen LogP contribution >= 0.6 is 0 Å². The van der Waals surface area contributed by atoms with E-state index in [0.717, 1.165) is 5.56 Å². The number of aryl methyl sites for hydroxylation is 1. The predicted octanol–water partition coefficient (Wildman–Crippen LogP) is 3.41. The van der Waals surface area contributed by atoms with Gasteiger partial charge in [-0.05, 0) is 43.9 Å². The molecule has 0 radical (unpaired) electrons. The maximum atomic E-state index is 12.5. The number of hydrogen-bond acceptors (Lipinski definition) is 6. The van der Waals surface area contributed by atoms with Crippen LogP contribution in [0.3, 0.4) is 0 Å². The molecule has 1 aliphatic rings. The van der Waals surface area contributed by atoms with Crippen molar-refractivity contribution in [3.63, 3.8) is 0 Å². The van der Waals surface area contributed by atoms with Gasteiger partial charge in [0.1, 0.15) is 12.3 Å². The Balaban J connectivity index is 1.82. The first kappa shape index (κ1) is 19.8. The number of rotatable bonds is 5. The summed E-state index contributed by atoms with van der Waals surface area (Å²) >= 11 is 0. The molecule has 1 amide bonds. The normalized spacial score (nSPS) is 18.3. The second kappa shape index (κ2) is 8.39. The molecule has 2 aromatic rings. The van der Waals surface area contributed by atoms with Gasteiger partial charge in [0, 0.05) is 0 Å². The van der Waals surface area contributed by atoms with Crippen molar-refractivity contribution in [3.8, 4) is 0 Å². The first-order chi connectivity index (χ1) is 13.5. The van der Waals surface area contributed by atoms with Gasteiger partial charge in [-0.25, -0.2) is 14.6 Å². The number of esters is 1. The fourth-order valence-corrected chi connectivity index (χ4v) is 3.28. The van der Waals surface area contributed by atoms with E-state index in [0.29, 0.717) is 30.6 Å². The fourth-order valence-electron chi connectivity index (χ4n) is 3.28. The van der Waals surface area contributed by atoms with Crippen molar-refractivity contribution in [2.45, 2.75) is 45.4 Å². The van der Waals surface area contributed by atoms with Gasteiger partial charge in [-0.3, -0.25) is 4.90 Å². The molecule has 28 heavy (non-hydrogen) atoms. The number of pyridine rings is 1. The Morgan fingerprint density at radius 2 is 1.89 bits per heavy atom. The number of ether oxygens (including phenoxy) is 2. The summed E-state index contributed by atoms with van der Waals surface area (Å²) in [6.07, 6.45) is 1.17. The van der Waals surface area contributed by atoms with Crippen molar-refractivity contribution in [2.24, 2.45) is 5.73 Å². The van der Waals surface area contributed by atoms with Crippen LogP contribution in [0, 0.1) is 0 Å². The SMILES string of the molecule is CCOC(=O)N1c2ccc(C(=O)OCc3ccccc3)nc2CCC1(N)CC. The lowest BCUT2D eigenvalue weighted by atomic mass is 9.92. The van der Waals surface area contributed by atoms with E-state index in [2.05, 4.69) is 4.98 Å². The second-order valence-corrected chi connectivity index (χ2v) is 6.72. The van der Waals surface area contributed by atoms with Crippen molar-refractivity contribution < 1.29 is 19.1 Å². The van der Waals surface area contributed by atoms with E-state index >= 15 is 0 Å². The van der Waals surface area contributed by atoms with E-state index in [1.165, 1.54) is 4.90 Å². The monoisotopic (exact) mass is 383 g/mol. The number of carbonyl (C=O) groups excluding carboxylic acids is 2. The van der Waals surface area contributed by atoms with Gasteiger partial charge in [-0.15, -0.1) is 0 Å². The number of nitrogens with two attached hydrogens (primary N) is 1. The summed E-state index contributed by atoms with van der Waals surface area (Å²) in [5.41, 5.74) is 7.95. The summed E-state index contributed by atoms with van der Waals surface area (Å²) in [5, 5.41) is 0. The van der Waals surface area contributed by atoms with Crippen LogP contribution in [0.15, 0.2) is 42.5 Å². The van der Waals surface area contributed by atoms with Gasteiger partial charge < -0.3 is 15.2 Å². The molecule has 0 saturated carbocycles. The maximum absolute atomic E-state index is 12.5. The van der Waals surface area contributed by atoms with Crippen LogP contribution in [0.4, 0.5) is 10.5 Å². The molecular formula is C21H25N3O4. The standard InChI is InChI=1S/C21H25N3O4/c1-3-21(22)13-12-16-18(24(21)20(26)27-4-2)11-10-17(23-16)19(25)28-14-15-8-6-5-7-9-15/h5-11H,3-4,12-14,22H2,1-2H3. The zero-order valence-electron chi connectivity index (χ0n) is 16.2. The number of anilines is 1. The molecule has 0 bridgehead atoms. The summed E-state index contributed by atoms with van der Waals surface area (Å²) in [5.74, 6) is -0.505. The highest BCUT2D eigenvalue weighted by Gasteiger charge is 2.41. The highest BCUT2D eigenvalue weighted by molar-refractivity contribution is 5.92. The van der Waals surface area contributed by atoms with Crippen LogP contribution in [0.5, 0.6) is 0 Å². The van der Waals surface area contributed by atoms with Crippen molar-refractivity contribution in [3.05, 3.63) is 59.4 Å². The van der Waals surface area contributed by atoms with Crippen LogP contribution in [0.25, 0.3) is 0 Å². The lowest BCUT2D eigenvalue weighted by molar-refractivity contribution is 0.0465. The third-order valence-electron chi connectivity index (χ3n) is 4.92. The number of benzene rings is 1. The minimum Gasteiger partial charge on any atom is -0.456 e. The molecule has 1 aromatic carbocycles. The van der Waals surface area contributed by atoms with Crippen molar-refractivity contribution in [1.29, 1.82) is 0 Å². The minimum atomic E-state index is -0.837. The summed E-state index contributed by atoms with van der Waals surface area (Å²) < 4.78 is 10.5. The molecule has 7 heteroatoms. The van der Waals surface area contributed by atoms with E-state index in [1.54, 1.807) is 19.1 Å². The zero-order chi connectivity index (χ0) is 20.1. The molecule has 0 spiro atoms. The molecule has 148 valence electrons. The van der Waals surface area contributed by atoms with E-state index in [-0.39, 0.29) is 18.9 Å². The predicted molar refractivity (Wildman–Crippen MR) is 105 cm³/mol. The van der Waals surface area contributed by atoms with Crippen LogP contribution in [-0.2, 0) is 22.5 Å². The Kier molecular flexibility index (Phi) is 5.94. The number of amides is 1. The summed E-state index contributed by atoms with van der Waals surface area (Å²) in [7, 11) is 0. The minimum absolute atomic E-state index is 0.176. The first-order valence-electron chi connectivity index (χ1n) is 9.45. The second-order valence-electron chi connectivity index (χ2n) is 6.72. The average Bonchev–Trinajstić information content (AvgIpc) is 2.72. The van der Waals surface area contributed by atoms with Crippen LogP contribution in [0.2, 0.25) is 0 Å². The van der Waals surface area contributed by atoms with Crippen LogP contribution < -0.4 is 10.6 Å². The molecule has 1 unspecified atom stereocenters. The number of carbonyl (C=O) groups is 2. The molecule has 2 heterocycles. The third-order valence-corrected chi connectivity index (χ3v) is 4.92. The van der Waals surface area contributed by atoms with Gasteiger partial charge in [-0.1, -0.05) is 37.3 Å².